The van der Waals surface area contributed by atoms with Gasteiger partial charge in [0.1, 0.15) is 5.60 Å². The number of rotatable bonds is 12. The summed E-state index contributed by atoms with van der Waals surface area (Å²) < 4.78 is 31.2. The second-order valence-corrected chi connectivity index (χ2v) is 14.3. The van der Waals surface area contributed by atoms with Gasteiger partial charge in [0.15, 0.2) is 0 Å². The Morgan fingerprint density at radius 2 is 1.62 bits per heavy atom. The van der Waals surface area contributed by atoms with Crippen LogP contribution in [0.25, 0.3) is 22.2 Å². The Labute approximate surface area is 265 Å². The maximum atomic E-state index is 13.3. The summed E-state index contributed by atoms with van der Waals surface area (Å²) in [6.07, 6.45) is 3.49. The molecule has 2 N–H and O–H groups in total. The van der Waals surface area contributed by atoms with E-state index in [0.29, 0.717) is 25.2 Å². The molecule has 0 aliphatic carbocycles. The number of nitro groups is 1. The number of aryl methyl sites for hydroxylation is 3. The molecule has 45 heavy (non-hydrogen) atoms. The molecule has 0 atom stereocenters. The third kappa shape index (κ3) is 9.55. The quantitative estimate of drug-likeness (QED) is 0.0940. The summed E-state index contributed by atoms with van der Waals surface area (Å²) in [5.41, 5.74) is 6.73. The van der Waals surface area contributed by atoms with Gasteiger partial charge in [-0.3, -0.25) is 14.8 Å². The number of sulfonamides is 1. The monoisotopic (exact) mass is 634 g/mol. The standard InChI is InChI=1S/C34H42N4O6S/c1-23-19-24(2)21-26(20-23)32-29(30-22-28(38(40)41)14-15-31(30)35-32)16-18-37(33(39)44-34(3,4)5)17-8-7-9-25-10-12-27(13-11-25)36-45(6,42)43/h10-15,19-22,35-36H,7-9,16-18H2,1-6H3. The van der Waals surface area contributed by atoms with Crippen molar-refractivity contribution in [2.75, 3.05) is 24.1 Å². The first-order chi connectivity index (χ1) is 21.1. The summed E-state index contributed by atoms with van der Waals surface area (Å²) in [6.45, 7) is 10.4. The first kappa shape index (κ1) is 33.5. The second-order valence-electron chi connectivity index (χ2n) is 12.6. The number of benzene rings is 3. The van der Waals surface area contributed by atoms with Crippen molar-refractivity contribution in [3.8, 4) is 11.3 Å². The zero-order chi connectivity index (χ0) is 32.9. The fraction of sp³-hybridized carbons (Fsp3) is 0.382. The minimum absolute atomic E-state index is 0.0128. The molecule has 0 aliphatic rings. The number of aromatic amines is 1. The van der Waals surface area contributed by atoms with E-state index in [1.165, 1.54) is 6.07 Å². The summed E-state index contributed by atoms with van der Waals surface area (Å²) >= 11 is 0. The molecule has 0 saturated heterocycles. The molecule has 11 heteroatoms. The average Bonchev–Trinajstić information content (AvgIpc) is 3.29. The van der Waals surface area contributed by atoms with E-state index in [4.69, 9.17) is 4.74 Å². The smallest absolute Gasteiger partial charge is 0.410 e. The van der Waals surface area contributed by atoms with E-state index in [9.17, 15) is 23.3 Å². The molecule has 0 unspecified atom stereocenters. The van der Waals surface area contributed by atoms with Gasteiger partial charge in [0, 0.05) is 47.5 Å². The van der Waals surface area contributed by atoms with E-state index in [1.54, 1.807) is 29.2 Å². The van der Waals surface area contributed by atoms with Gasteiger partial charge in [-0.2, -0.15) is 0 Å². The van der Waals surface area contributed by atoms with Gasteiger partial charge in [0.05, 0.1) is 11.2 Å². The number of nitro benzene ring substituents is 1. The molecule has 0 fully saturated rings. The third-order valence-electron chi connectivity index (χ3n) is 7.29. The fourth-order valence-electron chi connectivity index (χ4n) is 5.43. The van der Waals surface area contributed by atoms with Gasteiger partial charge in [-0.1, -0.05) is 29.3 Å². The van der Waals surface area contributed by atoms with Crippen molar-refractivity contribution in [1.82, 2.24) is 9.88 Å². The maximum absolute atomic E-state index is 13.3. The molecular formula is C34H42N4O6S. The third-order valence-corrected chi connectivity index (χ3v) is 7.90. The number of ether oxygens (including phenoxy) is 1. The number of hydrogen-bond acceptors (Lipinski definition) is 6. The van der Waals surface area contributed by atoms with Crippen LogP contribution >= 0.6 is 0 Å². The van der Waals surface area contributed by atoms with Gasteiger partial charge in [-0.05, 0) is 107 Å². The lowest BCUT2D eigenvalue weighted by atomic mass is 9.99. The summed E-state index contributed by atoms with van der Waals surface area (Å²) in [6, 6.07) is 18.4. The van der Waals surface area contributed by atoms with Crippen molar-refractivity contribution >= 4 is 38.4 Å². The normalized spacial score (nSPS) is 11.9. The molecule has 0 spiro atoms. The van der Waals surface area contributed by atoms with E-state index in [2.05, 4.69) is 27.9 Å². The molecule has 0 aliphatic heterocycles. The van der Waals surface area contributed by atoms with Gasteiger partial charge in [-0.25, -0.2) is 13.2 Å². The van der Waals surface area contributed by atoms with E-state index < -0.39 is 26.6 Å². The number of aromatic nitrogens is 1. The van der Waals surface area contributed by atoms with E-state index in [0.717, 1.165) is 69.9 Å². The van der Waals surface area contributed by atoms with Gasteiger partial charge < -0.3 is 14.6 Å². The number of nitrogens with one attached hydrogen (secondary N) is 2. The Kier molecular flexibility index (Phi) is 10.2. The van der Waals surface area contributed by atoms with E-state index in [-0.39, 0.29) is 5.69 Å². The molecule has 0 bridgehead atoms. The highest BCUT2D eigenvalue weighted by molar-refractivity contribution is 7.92. The van der Waals surface area contributed by atoms with Crippen molar-refractivity contribution in [3.63, 3.8) is 0 Å². The Hall–Kier alpha value is -4.38. The van der Waals surface area contributed by atoms with Gasteiger partial charge >= 0.3 is 6.09 Å². The zero-order valence-corrected chi connectivity index (χ0v) is 27.6. The Balaban J connectivity index is 1.55. The van der Waals surface area contributed by atoms with Crippen LogP contribution in [0.3, 0.4) is 0 Å². The minimum Gasteiger partial charge on any atom is -0.444 e. The first-order valence-electron chi connectivity index (χ1n) is 15.0. The molecule has 1 aromatic heterocycles. The number of non-ortho nitro benzene ring substituents is 1. The van der Waals surface area contributed by atoms with Crippen LogP contribution in [0.5, 0.6) is 0 Å². The predicted molar refractivity (Wildman–Crippen MR) is 179 cm³/mol. The molecule has 0 radical (unpaired) electrons. The molecule has 1 heterocycles. The number of carbonyl (C=O) groups is 1. The molecule has 4 aromatic rings. The topological polar surface area (TPSA) is 135 Å². The fourth-order valence-corrected chi connectivity index (χ4v) is 5.99. The minimum atomic E-state index is -3.34. The largest absolute Gasteiger partial charge is 0.444 e. The molecule has 10 nitrogen and oxygen atoms in total. The Morgan fingerprint density at radius 3 is 2.22 bits per heavy atom. The highest BCUT2D eigenvalue weighted by Crippen LogP contribution is 2.34. The average molecular weight is 635 g/mol. The van der Waals surface area contributed by atoms with Gasteiger partial charge in [-0.15, -0.1) is 0 Å². The van der Waals surface area contributed by atoms with Crippen LogP contribution in [0.2, 0.25) is 0 Å². The van der Waals surface area contributed by atoms with E-state index >= 15 is 0 Å². The summed E-state index contributed by atoms with van der Waals surface area (Å²) in [4.78, 5) is 29.8. The first-order valence-corrected chi connectivity index (χ1v) is 16.9. The highest BCUT2D eigenvalue weighted by Gasteiger charge is 2.24. The molecule has 1 amide bonds. The molecule has 4 rings (SSSR count). The highest BCUT2D eigenvalue weighted by atomic mass is 32.2. The number of anilines is 1. The lowest BCUT2D eigenvalue weighted by Gasteiger charge is -2.27. The lowest BCUT2D eigenvalue weighted by Crippen LogP contribution is -2.38. The number of amides is 1. The van der Waals surface area contributed by atoms with Crippen molar-refractivity contribution in [2.24, 2.45) is 0 Å². The number of nitrogens with zero attached hydrogens (tertiary/aromatic N) is 2. The predicted octanol–water partition coefficient (Wildman–Crippen LogP) is 7.53. The molecular weight excluding hydrogens is 592 g/mol. The summed E-state index contributed by atoms with van der Waals surface area (Å²) in [7, 11) is -3.34. The van der Waals surface area contributed by atoms with Crippen LogP contribution in [-0.4, -0.2) is 54.3 Å². The number of fused-ring (bicyclic) bond motifs is 1. The lowest BCUT2D eigenvalue weighted by molar-refractivity contribution is -0.384. The van der Waals surface area contributed by atoms with Crippen LogP contribution in [0.15, 0.2) is 60.7 Å². The van der Waals surface area contributed by atoms with Crippen LogP contribution in [0, 0.1) is 24.0 Å². The van der Waals surface area contributed by atoms with Crippen molar-refractivity contribution in [1.29, 1.82) is 0 Å². The SMILES string of the molecule is Cc1cc(C)cc(-c2[nH]c3ccc([N+](=O)[O-])cc3c2CCN(CCCCc2ccc(NS(C)(=O)=O)cc2)C(=O)OC(C)(C)C)c1. The molecule has 240 valence electrons. The Bertz CT molecular complexity index is 1770. The summed E-state index contributed by atoms with van der Waals surface area (Å²) in [5.74, 6) is 0. The van der Waals surface area contributed by atoms with Gasteiger partial charge in [0.2, 0.25) is 10.0 Å². The van der Waals surface area contributed by atoms with Crippen molar-refractivity contribution in [2.45, 2.75) is 65.9 Å². The van der Waals surface area contributed by atoms with Crippen molar-refractivity contribution < 1.29 is 22.9 Å². The second kappa shape index (κ2) is 13.7. The van der Waals surface area contributed by atoms with Crippen LogP contribution < -0.4 is 4.72 Å². The number of hydrogen-bond donors (Lipinski definition) is 2. The number of unbranched alkanes of at least 4 members (excludes halogenated alkanes) is 1. The van der Waals surface area contributed by atoms with Crippen LogP contribution in [-0.2, 0) is 27.6 Å². The van der Waals surface area contributed by atoms with E-state index in [1.807, 2.05) is 46.8 Å². The van der Waals surface area contributed by atoms with Crippen molar-refractivity contribution in [3.05, 3.63) is 93.0 Å². The van der Waals surface area contributed by atoms with Crippen LogP contribution in [0.1, 0.15) is 55.9 Å². The maximum Gasteiger partial charge on any atom is 0.410 e. The summed E-state index contributed by atoms with van der Waals surface area (Å²) in [5, 5.41) is 12.4. The number of carbonyl (C=O) groups excluding carboxylic acids is 1. The molecule has 0 saturated carbocycles. The Morgan fingerprint density at radius 1 is 0.956 bits per heavy atom. The number of H-pyrrole nitrogens is 1. The van der Waals surface area contributed by atoms with Crippen LogP contribution in [0.4, 0.5) is 16.2 Å². The zero-order valence-electron chi connectivity index (χ0n) is 26.8. The van der Waals surface area contributed by atoms with Gasteiger partial charge in [0.25, 0.3) is 5.69 Å². The molecule has 3 aromatic carbocycles.